The summed E-state index contributed by atoms with van der Waals surface area (Å²) >= 11 is 4.31. The normalized spacial score (nSPS) is 13.6. The molecule has 0 aliphatic rings. The molecule has 0 bridgehead atoms. The van der Waals surface area contributed by atoms with Crippen molar-refractivity contribution in [1.29, 1.82) is 0 Å². The maximum atomic E-state index is 13.9. The molecular formula is C27H43N3O6S. The summed E-state index contributed by atoms with van der Waals surface area (Å²) in [7, 11) is 0. The lowest BCUT2D eigenvalue weighted by Crippen LogP contribution is -2.56. The van der Waals surface area contributed by atoms with Crippen LogP contribution in [0.1, 0.15) is 77.1 Å². The van der Waals surface area contributed by atoms with Gasteiger partial charge in [-0.05, 0) is 71.6 Å². The highest BCUT2D eigenvalue weighted by Gasteiger charge is 2.38. The first-order chi connectivity index (χ1) is 17.3. The van der Waals surface area contributed by atoms with Gasteiger partial charge in [-0.25, -0.2) is 4.79 Å². The first kappa shape index (κ1) is 32.3. The lowest BCUT2D eigenvalue weighted by molar-refractivity contribution is -0.145. The first-order valence-electron chi connectivity index (χ1n) is 12.7. The van der Waals surface area contributed by atoms with E-state index >= 15 is 0 Å². The van der Waals surface area contributed by atoms with Crippen LogP contribution in [0.25, 0.3) is 0 Å². The molecule has 0 aliphatic heterocycles. The Kier molecular flexibility index (Phi) is 13.0. The monoisotopic (exact) mass is 537 g/mol. The van der Waals surface area contributed by atoms with Crippen molar-refractivity contribution in [3.63, 3.8) is 0 Å². The molecule has 208 valence electrons. The molecule has 0 radical (unpaired) electrons. The van der Waals surface area contributed by atoms with E-state index in [0.29, 0.717) is 12.0 Å². The standard InChI is InChI=1S/C27H43N3O6S/c1-9-18(4)30(25(33)21(16-37)29-26(34)36-27(6,7)8)23(20-13-11-12-17(3)19(20)5)24(32)28-15-14-22(31)35-10-2/h11-13,18,21,23,37H,9-10,14-16H2,1-8H3,(H,28,32)(H,29,34). The number of carbonyl (C=O) groups excluding carboxylic acids is 4. The minimum absolute atomic E-state index is 0.00894. The van der Waals surface area contributed by atoms with Gasteiger partial charge < -0.3 is 25.0 Å². The molecule has 0 aliphatic carbocycles. The number of aryl methyl sites for hydroxylation is 1. The number of benzene rings is 1. The fourth-order valence-corrected chi connectivity index (χ4v) is 3.96. The van der Waals surface area contributed by atoms with E-state index in [9.17, 15) is 19.2 Å². The van der Waals surface area contributed by atoms with Gasteiger partial charge in [-0.3, -0.25) is 14.4 Å². The van der Waals surface area contributed by atoms with Gasteiger partial charge in [0.1, 0.15) is 17.7 Å². The highest BCUT2D eigenvalue weighted by atomic mass is 32.1. The number of nitrogens with zero attached hydrogens (tertiary/aromatic N) is 1. The molecule has 3 atom stereocenters. The summed E-state index contributed by atoms with van der Waals surface area (Å²) in [5.41, 5.74) is 1.76. The Labute approximate surface area is 226 Å². The number of thiol groups is 1. The quantitative estimate of drug-likeness (QED) is 0.276. The number of carbonyl (C=O) groups is 4. The third kappa shape index (κ3) is 9.91. The molecule has 1 aromatic rings. The Hall–Kier alpha value is -2.75. The highest BCUT2D eigenvalue weighted by Crippen LogP contribution is 2.30. The smallest absolute Gasteiger partial charge is 0.408 e. The van der Waals surface area contributed by atoms with Gasteiger partial charge in [-0.1, -0.05) is 25.1 Å². The minimum atomic E-state index is -1.02. The summed E-state index contributed by atoms with van der Waals surface area (Å²) in [6, 6.07) is 3.23. The molecule has 0 saturated carbocycles. The van der Waals surface area contributed by atoms with E-state index in [4.69, 9.17) is 9.47 Å². The molecule has 1 aromatic carbocycles. The second-order valence-electron chi connectivity index (χ2n) is 9.92. The zero-order chi connectivity index (χ0) is 28.3. The minimum Gasteiger partial charge on any atom is -0.466 e. The number of alkyl carbamates (subject to hydrolysis) is 1. The van der Waals surface area contributed by atoms with E-state index in [2.05, 4.69) is 23.3 Å². The summed E-state index contributed by atoms with van der Waals surface area (Å²) in [5, 5.41) is 5.40. The molecule has 0 heterocycles. The van der Waals surface area contributed by atoms with Gasteiger partial charge in [-0.15, -0.1) is 0 Å². The van der Waals surface area contributed by atoms with Crippen LogP contribution in [0.5, 0.6) is 0 Å². The summed E-state index contributed by atoms with van der Waals surface area (Å²) in [4.78, 5) is 53.3. The highest BCUT2D eigenvalue weighted by molar-refractivity contribution is 7.80. The Morgan fingerprint density at radius 1 is 1.11 bits per heavy atom. The third-order valence-corrected chi connectivity index (χ3v) is 6.26. The summed E-state index contributed by atoms with van der Waals surface area (Å²) in [5.74, 6) is -1.30. The van der Waals surface area contributed by atoms with Crippen molar-refractivity contribution in [3.8, 4) is 0 Å². The van der Waals surface area contributed by atoms with E-state index in [1.54, 1.807) is 27.7 Å². The second-order valence-corrected chi connectivity index (χ2v) is 10.3. The lowest BCUT2D eigenvalue weighted by atomic mass is 9.93. The van der Waals surface area contributed by atoms with Gasteiger partial charge in [-0.2, -0.15) is 12.6 Å². The summed E-state index contributed by atoms with van der Waals surface area (Å²) in [6.45, 7) is 14.8. The molecule has 0 fully saturated rings. The van der Waals surface area contributed by atoms with Crippen molar-refractivity contribution in [3.05, 3.63) is 34.9 Å². The Morgan fingerprint density at radius 3 is 2.30 bits per heavy atom. The van der Waals surface area contributed by atoms with Crippen molar-refractivity contribution in [2.75, 3.05) is 18.9 Å². The van der Waals surface area contributed by atoms with Gasteiger partial charge in [0.2, 0.25) is 11.8 Å². The predicted molar refractivity (Wildman–Crippen MR) is 147 cm³/mol. The Morgan fingerprint density at radius 2 is 1.76 bits per heavy atom. The molecule has 0 aromatic heterocycles. The largest absolute Gasteiger partial charge is 0.466 e. The molecule has 0 saturated heterocycles. The third-order valence-electron chi connectivity index (χ3n) is 5.89. The molecule has 2 N–H and O–H groups in total. The molecule has 1 rings (SSSR count). The molecular weight excluding hydrogens is 494 g/mol. The fraction of sp³-hybridized carbons (Fsp3) is 0.630. The van der Waals surface area contributed by atoms with Crippen LogP contribution in [0.2, 0.25) is 0 Å². The number of amides is 3. The number of nitrogens with one attached hydrogen (secondary N) is 2. The number of rotatable bonds is 12. The van der Waals surface area contributed by atoms with Crippen molar-refractivity contribution >= 4 is 36.5 Å². The van der Waals surface area contributed by atoms with Gasteiger partial charge >= 0.3 is 12.1 Å². The molecule has 10 heteroatoms. The van der Waals surface area contributed by atoms with Gasteiger partial charge in [0.25, 0.3) is 0 Å². The summed E-state index contributed by atoms with van der Waals surface area (Å²) < 4.78 is 10.3. The fourth-order valence-electron chi connectivity index (χ4n) is 3.72. The summed E-state index contributed by atoms with van der Waals surface area (Å²) in [6.07, 6.45) is -0.170. The van der Waals surface area contributed by atoms with Crippen LogP contribution in [0.15, 0.2) is 18.2 Å². The number of ether oxygens (including phenoxy) is 2. The number of hydrogen-bond acceptors (Lipinski definition) is 7. The van der Waals surface area contributed by atoms with Crippen molar-refractivity contribution in [2.24, 2.45) is 0 Å². The molecule has 3 unspecified atom stereocenters. The van der Waals surface area contributed by atoms with Crippen LogP contribution in [0.3, 0.4) is 0 Å². The van der Waals surface area contributed by atoms with Crippen LogP contribution in [0.4, 0.5) is 4.79 Å². The van der Waals surface area contributed by atoms with Gasteiger partial charge in [0.05, 0.1) is 13.0 Å². The average Bonchev–Trinajstić information content (AvgIpc) is 2.81. The van der Waals surface area contributed by atoms with Crippen molar-refractivity contribution in [1.82, 2.24) is 15.5 Å². The molecule has 3 amide bonds. The van der Waals surface area contributed by atoms with E-state index < -0.39 is 41.6 Å². The van der Waals surface area contributed by atoms with E-state index in [1.165, 1.54) is 4.90 Å². The van der Waals surface area contributed by atoms with Crippen molar-refractivity contribution < 1.29 is 28.7 Å². The van der Waals surface area contributed by atoms with E-state index in [0.717, 1.165) is 11.1 Å². The average molecular weight is 538 g/mol. The van der Waals surface area contributed by atoms with Crippen LogP contribution in [-0.2, 0) is 23.9 Å². The molecule has 0 spiro atoms. The van der Waals surface area contributed by atoms with Crippen LogP contribution in [0, 0.1) is 13.8 Å². The van der Waals surface area contributed by atoms with Crippen LogP contribution < -0.4 is 10.6 Å². The van der Waals surface area contributed by atoms with Crippen LogP contribution in [-0.4, -0.2) is 65.4 Å². The zero-order valence-corrected chi connectivity index (χ0v) is 24.2. The SMILES string of the molecule is CCOC(=O)CCNC(=O)C(c1cccc(C)c1C)N(C(=O)C(CS)NC(=O)OC(C)(C)C)C(C)CC. The second kappa shape index (κ2) is 14.9. The predicted octanol–water partition coefficient (Wildman–Crippen LogP) is 3.86. The van der Waals surface area contributed by atoms with E-state index in [1.807, 2.05) is 45.9 Å². The molecule has 9 nitrogen and oxygen atoms in total. The van der Waals surface area contributed by atoms with Gasteiger partial charge in [0.15, 0.2) is 0 Å². The first-order valence-corrected chi connectivity index (χ1v) is 13.3. The van der Waals surface area contributed by atoms with Gasteiger partial charge in [0, 0.05) is 18.3 Å². The lowest BCUT2D eigenvalue weighted by Gasteiger charge is -2.38. The zero-order valence-electron chi connectivity index (χ0n) is 23.3. The number of esters is 1. The maximum Gasteiger partial charge on any atom is 0.408 e. The topological polar surface area (TPSA) is 114 Å². The molecule has 37 heavy (non-hydrogen) atoms. The maximum absolute atomic E-state index is 13.9. The van der Waals surface area contributed by atoms with Crippen LogP contribution >= 0.6 is 12.6 Å². The Bertz CT molecular complexity index is 947. The van der Waals surface area contributed by atoms with Crippen molar-refractivity contribution in [2.45, 2.75) is 92.0 Å². The number of hydrogen-bond donors (Lipinski definition) is 3. The van der Waals surface area contributed by atoms with E-state index in [-0.39, 0.29) is 31.4 Å². The Balaban J connectivity index is 3.43.